The maximum absolute atomic E-state index is 14.3. The van der Waals surface area contributed by atoms with Crippen molar-refractivity contribution in [3.8, 4) is 17.0 Å². The van der Waals surface area contributed by atoms with Crippen molar-refractivity contribution >= 4 is 0 Å². The third-order valence-electron chi connectivity index (χ3n) is 3.79. The number of nitrogens with zero attached hydrogens (tertiary/aromatic N) is 1. The topological polar surface area (TPSA) is 22.1 Å². The van der Waals surface area contributed by atoms with Crippen LogP contribution in [-0.2, 0) is 6.11 Å². The largest absolute Gasteiger partial charge is 0.429 e. The number of halogens is 7. The molecule has 0 unspecified atom stereocenters. The van der Waals surface area contributed by atoms with E-state index in [0.29, 0.717) is 6.07 Å². The van der Waals surface area contributed by atoms with Crippen LogP contribution in [0.1, 0.15) is 11.1 Å². The zero-order chi connectivity index (χ0) is 20.6. The lowest BCUT2D eigenvalue weighted by atomic mass is 10.1. The van der Waals surface area contributed by atoms with Crippen molar-refractivity contribution in [1.29, 1.82) is 0 Å². The van der Waals surface area contributed by atoms with Crippen molar-refractivity contribution < 1.29 is 35.5 Å². The number of hydrogen-bond donors (Lipinski definition) is 0. The summed E-state index contributed by atoms with van der Waals surface area (Å²) >= 11 is 0. The molecule has 0 bridgehead atoms. The summed E-state index contributed by atoms with van der Waals surface area (Å²) in [6.07, 6.45) is -3.11. The highest BCUT2D eigenvalue weighted by Crippen LogP contribution is 2.37. The number of aryl methyl sites for hydroxylation is 1. The first kappa shape index (κ1) is 19.7. The van der Waals surface area contributed by atoms with Gasteiger partial charge in [-0.1, -0.05) is 6.07 Å². The minimum atomic E-state index is -4.50. The van der Waals surface area contributed by atoms with Crippen molar-refractivity contribution in [3.05, 3.63) is 82.8 Å². The van der Waals surface area contributed by atoms with Gasteiger partial charge in [0.2, 0.25) is 0 Å². The SMILES string of the molecule is Cc1ccc(-c2ccc(C(F)(F)Oc3cc(F)c(F)c(F)c3)c(F)c2F)nc1. The quantitative estimate of drug-likeness (QED) is 0.402. The van der Waals surface area contributed by atoms with E-state index in [9.17, 15) is 30.7 Å². The molecule has 0 saturated heterocycles. The van der Waals surface area contributed by atoms with E-state index >= 15 is 0 Å². The predicted octanol–water partition coefficient (Wildman–Crippen LogP) is 5.88. The van der Waals surface area contributed by atoms with Gasteiger partial charge in [-0.15, -0.1) is 0 Å². The summed E-state index contributed by atoms with van der Waals surface area (Å²) in [5, 5.41) is 0. The van der Waals surface area contributed by atoms with E-state index < -0.39 is 46.5 Å². The Kier molecular flexibility index (Phi) is 5.01. The monoisotopic (exact) mass is 401 g/mol. The number of rotatable bonds is 4. The van der Waals surface area contributed by atoms with Crippen LogP contribution in [0.2, 0.25) is 0 Å². The first-order valence-corrected chi connectivity index (χ1v) is 7.73. The minimum absolute atomic E-state index is 0.0143. The van der Waals surface area contributed by atoms with Crippen molar-refractivity contribution in [2.75, 3.05) is 0 Å². The van der Waals surface area contributed by atoms with Gasteiger partial charge in [0, 0.05) is 23.9 Å². The molecule has 146 valence electrons. The van der Waals surface area contributed by atoms with E-state index in [1.165, 1.54) is 12.3 Å². The summed E-state index contributed by atoms with van der Waals surface area (Å²) in [6.45, 7) is 1.72. The molecule has 0 radical (unpaired) electrons. The zero-order valence-corrected chi connectivity index (χ0v) is 14.0. The van der Waals surface area contributed by atoms with Gasteiger partial charge in [0.15, 0.2) is 29.1 Å². The zero-order valence-electron chi connectivity index (χ0n) is 14.0. The summed E-state index contributed by atoms with van der Waals surface area (Å²) in [4.78, 5) is 3.89. The number of pyridine rings is 1. The van der Waals surface area contributed by atoms with Crippen LogP contribution in [-0.4, -0.2) is 4.98 Å². The van der Waals surface area contributed by atoms with Gasteiger partial charge in [-0.2, -0.15) is 8.78 Å². The molecular formula is C19H10F7NO. The second-order valence-corrected chi connectivity index (χ2v) is 5.83. The maximum atomic E-state index is 14.3. The minimum Gasteiger partial charge on any atom is -0.429 e. The predicted molar refractivity (Wildman–Crippen MR) is 85.2 cm³/mol. The summed E-state index contributed by atoms with van der Waals surface area (Å²) < 4.78 is 100. The van der Waals surface area contributed by atoms with Gasteiger partial charge >= 0.3 is 6.11 Å². The van der Waals surface area contributed by atoms with Gasteiger partial charge in [-0.05, 0) is 30.7 Å². The number of hydrogen-bond acceptors (Lipinski definition) is 2. The molecule has 0 aliphatic carbocycles. The molecule has 1 heterocycles. The number of benzene rings is 2. The Bertz CT molecular complexity index is 1010. The fraction of sp³-hybridized carbons (Fsp3) is 0.105. The Morgan fingerprint density at radius 3 is 2.04 bits per heavy atom. The van der Waals surface area contributed by atoms with Gasteiger partial charge in [0.25, 0.3) is 0 Å². The lowest BCUT2D eigenvalue weighted by Crippen LogP contribution is -2.24. The summed E-state index contributed by atoms with van der Waals surface area (Å²) in [7, 11) is 0. The van der Waals surface area contributed by atoms with Crippen LogP contribution in [0.3, 0.4) is 0 Å². The average molecular weight is 401 g/mol. The van der Waals surface area contributed by atoms with Crippen molar-refractivity contribution in [1.82, 2.24) is 4.98 Å². The van der Waals surface area contributed by atoms with Gasteiger partial charge in [-0.3, -0.25) is 4.98 Å². The van der Waals surface area contributed by atoms with Crippen LogP contribution >= 0.6 is 0 Å². The summed E-state index contributed by atoms with van der Waals surface area (Å²) in [5.41, 5.74) is -1.11. The van der Waals surface area contributed by atoms with Crippen molar-refractivity contribution in [2.24, 2.45) is 0 Å². The number of ether oxygens (including phenoxy) is 1. The van der Waals surface area contributed by atoms with Gasteiger partial charge in [-0.25, -0.2) is 22.0 Å². The Balaban J connectivity index is 1.98. The molecule has 28 heavy (non-hydrogen) atoms. The highest BCUT2D eigenvalue weighted by molar-refractivity contribution is 5.61. The molecule has 3 rings (SSSR count). The second kappa shape index (κ2) is 7.14. The van der Waals surface area contributed by atoms with Crippen LogP contribution in [0.25, 0.3) is 11.3 Å². The lowest BCUT2D eigenvalue weighted by Gasteiger charge is -2.20. The molecular weight excluding hydrogens is 391 g/mol. The average Bonchev–Trinajstić information content (AvgIpc) is 2.62. The molecule has 0 N–H and O–H groups in total. The number of aromatic nitrogens is 1. The summed E-state index contributed by atoms with van der Waals surface area (Å²) in [5.74, 6) is -10.1. The molecule has 0 spiro atoms. The van der Waals surface area contributed by atoms with Crippen LogP contribution in [0, 0.1) is 36.0 Å². The fourth-order valence-corrected chi connectivity index (χ4v) is 2.39. The third kappa shape index (κ3) is 3.64. The molecule has 2 nitrogen and oxygen atoms in total. The number of alkyl halides is 2. The van der Waals surface area contributed by atoms with E-state index in [1.807, 2.05) is 0 Å². The molecule has 0 aliphatic rings. The van der Waals surface area contributed by atoms with Crippen molar-refractivity contribution in [3.63, 3.8) is 0 Å². The Labute approximate surface area is 154 Å². The summed E-state index contributed by atoms with van der Waals surface area (Å²) in [6, 6.07) is 4.70. The first-order valence-electron chi connectivity index (χ1n) is 7.73. The smallest absolute Gasteiger partial charge is 0.429 e. The molecule has 1 aromatic heterocycles. The highest BCUT2D eigenvalue weighted by atomic mass is 19.3. The van der Waals surface area contributed by atoms with Crippen molar-refractivity contribution in [2.45, 2.75) is 13.0 Å². The van der Waals surface area contributed by atoms with Crippen LogP contribution < -0.4 is 4.74 Å². The van der Waals surface area contributed by atoms with E-state index in [2.05, 4.69) is 9.72 Å². The third-order valence-corrected chi connectivity index (χ3v) is 3.79. The normalized spacial score (nSPS) is 11.6. The molecule has 0 aliphatic heterocycles. The fourth-order valence-electron chi connectivity index (χ4n) is 2.39. The molecule has 0 atom stereocenters. The van der Waals surface area contributed by atoms with Gasteiger partial charge < -0.3 is 4.74 Å². The molecule has 9 heteroatoms. The van der Waals surface area contributed by atoms with E-state index in [4.69, 9.17) is 0 Å². The lowest BCUT2D eigenvalue weighted by molar-refractivity contribution is -0.187. The molecule has 2 aromatic carbocycles. The van der Waals surface area contributed by atoms with Gasteiger partial charge in [0.1, 0.15) is 11.3 Å². The Morgan fingerprint density at radius 1 is 0.821 bits per heavy atom. The van der Waals surface area contributed by atoms with Crippen LogP contribution in [0.4, 0.5) is 30.7 Å². The highest BCUT2D eigenvalue weighted by Gasteiger charge is 2.40. The first-order chi connectivity index (χ1) is 13.1. The van der Waals surface area contributed by atoms with E-state index in [1.54, 1.807) is 13.0 Å². The van der Waals surface area contributed by atoms with E-state index in [0.717, 1.165) is 11.6 Å². The van der Waals surface area contributed by atoms with Gasteiger partial charge in [0.05, 0.1) is 5.69 Å². The second-order valence-electron chi connectivity index (χ2n) is 5.83. The molecule has 3 aromatic rings. The maximum Gasteiger partial charge on any atom is 0.429 e. The van der Waals surface area contributed by atoms with E-state index in [-0.39, 0.29) is 23.4 Å². The molecule has 0 amide bonds. The Hall–Kier alpha value is -3.10. The molecule has 0 saturated carbocycles. The molecule has 0 fully saturated rings. The Morgan fingerprint density at radius 2 is 1.46 bits per heavy atom. The van der Waals surface area contributed by atoms with Crippen LogP contribution in [0.15, 0.2) is 42.6 Å². The van der Waals surface area contributed by atoms with Crippen LogP contribution in [0.5, 0.6) is 5.75 Å². The standard InChI is InChI=1S/C19H10F7NO/c1-9-2-5-15(27-8-9)11-3-4-12(17(23)16(11)22)19(25,26)28-10-6-13(20)18(24)14(21)7-10/h2-8H,1H3.